The summed E-state index contributed by atoms with van der Waals surface area (Å²) in [5.74, 6) is -0.0871. The van der Waals surface area contributed by atoms with Gasteiger partial charge >= 0.3 is 0 Å². The van der Waals surface area contributed by atoms with E-state index in [4.69, 9.17) is 10.5 Å². The van der Waals surface area contributed by atoms with Gasteiger partial charge in [0.1, 0.15) is 0 Å². The maximum atomic E-state index is 11.9. The molecule has 1 saturated heterocycles. The number of rotatable bonds is 4. The van der Waals surface area contributed by atoms with E-state index in [9.17, 15) is 8.42 Å². The number of ether oxygens (including phenoxy) is 1. The van der Waals surface area contributed by atoms with Gasteiger partial charge in [0, 0.05) is 18.3 Å². The van der Waals surface area contributed by atoms with Crippen LogP contribution in [0.4, 0.5) is 5.69 Å². The lowest BCUT2D eigenvalue weighted by Gasteiger charge is -2.12. The fourth-order valence-electron chi connectivity index (χ4n) is 1.79. The molecule has 1 aromatic carbocycles. The third-order valence-electron chi connectivity index (χ3n) is 2.68. The Labute approximate surface area is 101 Å². The average Bonchev–Trinajstić information content (AvgIpc) is 2.73. The zero-order chi connectivity index (χ0) is 12.3. The van der Waals surface area contributed by atoms with E-state index < -0.39 is 10.0 Å². The molecule has 0 amide bonds. The minimum atomic E-state index is -3.35. The summed E-state index contributed by atoms with van der Waals surface area (Å²) in [4.78, 5) is 0. The summed E-state index contributed by atoms with van der Waals surface area (Å²) >= 11 is 0. The van der Waals surface area contributed by atoms with Gasteiger partial charge in [0.05, 0.1) is 12.4 Å². The first kappa shape index (κ1) is 12.3. The first-order valence-electron chi connectivity index (χ1n) is 5.48. The van der Waals surface area contributed by atoms with E-state index in [1.807, 2.05) is 0 Å². The molecule has 17 heavy (non-hydrogen) atoms. The number of nitrogens with two attached hydrogens (primary N) is 1. The molecule has 1 atom stereocenters. The zero-order valence-corrected chi connectivity index (χ0v) is 10.2. The summed E-state index contributed by atoms with van der Waals surface area (Å²) in [5.41, 5.74) is 6.84. The molecule has 0 saturated carbocycles. The van der Waals surface area contributed by atoms with Crippen LogP contribution in [0.5, 0.6) is 0 Å². The molecule has 0 aromatic heterocycles. The maximum absolute atomic E-state index is 11.9. The Morgan fingerprint density at radius 2 is 2.18 bits per heavy atom. The highest BCUT2D eigenvalue weighted by Crippen LogP contribution is 2.14. The lowest BCUT2D eigenvalue weighted by atomic mass is 10.2. The van der Waals surface area contributed by atoms with Gasteiger partial charge < -0.3 is 10.5 Å². The Hall–Kier alpha value is -1.11. The first-order chi connectivity index (χ1) is 8.07. The Morgan fingerprint density at radius 3 is 2.82 bits per heavy atom. The van der Waals surface area contributed by atoms with Crippen molar-refractivity contribution in [2.45, 2.75) is 18.2 Å². The quantitative estimate of drug-likeness (QED) is 0.768. The van der Waals surface area contributed by atoms with Crippen molar-refractivity contribution >= 4 is 15.7 Å². The van der Waals surface area contributed by atoms with Gasteiger partial charge in [-0.15, -0.1) is 0 Å². The van der Waals surface area contributed by atoms with Crippen LogP contribution in [0.25, 0.3) is 0 Å². The van der Waals surface area contributed by atoms with Crippen LogP contribution in [0.3, 0.4) is 0 Å². The molecule has 94 valence electrons. The molecule has 0 radical (unpaired) electrons. The third kappa shape index (κ3) is 3.42. The van der Waals surface area contributed by atoms with Crippen LogP contribution in [0, 0.1) is 0 Å². The highest BCUT2D eigenvalue weighted by atomic mass is 32.2. The smallest absolute Gasteiger partial charge is 0.216 e. The summed E-state index contributed by atoms with van der Waals surface area (Å²) in [6, 6.07) is 6.87. The average molecular weight is 256 g/mol. The van der Waals surface area contributed by atoms with Crippen molar-refractivity contribution in [3.63, 3.8) is 0 Å². The molecule has 0 aliphatic carbocycles. The van der Waals surface area contributed by atoms with Gasteiger partial charge in [-0.25, -0.2) is 13.1 Å². The Morgan fingerprint density at radius 1 is 1.41 bits per heavy atom. The fourth-order valence-corrected chi connectivity index (χ4v) is 3.24. The van der Waals surface area contributed by atoms with Crippen molar-refractivity contribution in [3.8, 4) is 0 Å². The second-order valence-corrected chi connectivity index (χ2v) is 5.89. The van der Waals surface area contributed by atoms with E-state index in [1.54, 1.807) is 24.3 Å². The van der Waals surface area contributed by atoms with Crippen LogP contribution in [-0.2, 0) is 20.5 Å². The predicted molar refractivity (Wildman–Crippen MR) is 65.8 cm³/mol. The highest BCUT2D eigenvalue weighted by molar-refractivity contribution is 7.88. The largest absolute Gasteiger partial charge is 0.398 e. The fraction of sp³-hybridized carbons (Fsp3) is 0.455. The normalized spacial score (nSPS) is 20.6. The first-order valence-corrected chi connectivity index (χ1v) is 7.13. The van der Waals surface area contributed by atoms with Crippen LogP contribution in [0.1, 0.15) is 12.0 Å². The van der Waals surface area contributed by atoms with Crippen molar-refractivity contribution < 1.29 is 13.2 Å². The van der Waals surface area contributed by atoms with Crippen LogP contribution in [0.2, 0.25) is 0 Å². The third-order valence-corrected chi connectivity index (χ3v) is 4.06. The summed E-state index contributed by atoms with van der Waals surface area (Å²) in [6.45, 7) is 1.06. The Balaban J connectivity index is 2.04. The number of para-hydroxylation sites is 1. The van der Waals surface area contributed by atoms with Crippen molar-refractivity contribution in [1.29, 1.82) is 0 Å². The lowest BCUT2D eigenvalue weighted by Crippen LogP contribution is -2.35. The number of hydrogen-bond acceptors (Lipinski definition) is 4. The van der Waals surface area contributed by atoms with Crippen LogP contribution in [-0.4, -0.2) is 27.7 Å². The van der Waals surface area contributed by atoms with Crippen LogP contribution < -0.4 is 10.5 Å². The standard InChI is InChI=1S/C11H16N2O3S/c12-11-4-2-1-3-9(11)8-17(14,15)13-10-5-6-16-7-10/h1-4,10,13H,5-8,12H2. The molecular formula is C11H16N2O3S. The van der Waals surface area contributed by atoms with Crippen LogP contribution >= 0.6 is 0 Å². The van der Waals surface area contributed by atoms with Crippen molar-refractivity contribution in [1.82, 2.24) is 4.72 Å². The molecule has 1 heterocycles. The summed E-state index contributed by atoms with van der Waals surface area (Å²) in [5, 5.41) is 0. The molecule has 2 rings (SSSR count). The molecule has 0 spiro atoms. The number of anilines is 1. The number of sulfonamides is 1. The second kappa shape index (κ2) is 5.03. The summed E-state index contributed by atoms with van der Waals surface area (Å²) in [7, 11) is -3.35. The molecule has 3 N–H and O–H groups in total. The monoisotopic (exact) mass is 256 g/mol. The highest BCUT2D eigenvalue weighted by Gasteiger charge is 2.22. The second-order valence-electron chi connectivity index (χ2n) is 4.14. The molecule has 1 aliphatic heterocycles. The van der Waals surface area contributed by atoms with E-state index in [2.05, 4.69) is 4.72 Å². The van der Waals surface area contributed by atoms with Crippen molar-refractivity contribution in [3.05, 3.63) is 29.8 Å². The molecule has 1 aromatic rings. The molecule has 1 aliphatic rings. The SMILES string of the molecule is Nc1ccccc1CS(=O)(=O)NC1CCOC1. The van der Waals surface area contributed by atoms with E-state index in [0.29, 0.717) is 24.5 Å². The number of nitrogens with one attached hydrogen (secondary N) is 1. The van der Waals surface area contributed by atoms with Gasteiger partial charge in [-0.3, -0.25) is 0 Å². The zero-order valence-electron chi connectivity index (χ0n) is 9.43. The number of nitrogen functional groups attached to an aromatic ring is 1. The minimum absolute atomic E-state index is 0.0871. The molecular weight excluding hydrogens is 240 g/mol. The Bertz CT molecular complexity index is 481. The molecule has 5 nitrogen and oxygen atoms in total. The predicted octanol–water partition coefficient (Wildman–Crippen LogP) is 0.477. The Kier molecular flexibility index (Phi) is 3.66. The van der Waals surface area contributed by atoms with Gasteiger partial charge in [0.15, 0.2) is 0 Å². The van der Waals surface area contributed by atoms with Gasteiger partial charge in [-0.1, -0.05) is 18.2 Å². The maximum Gasteiger partial charge on any atom is 0.216 e. The van der Waals surface area contributed by atoms with E-state index in [-0.39, 0.29) is 11.8 Å². The molecule has 1 fully saturated rings. The molecule has 1 unspecified atom stereocenters. The molecule has 6 heteroatoms. The van der Waals surface area contributed by atoms with Crippen molar-refractivity contribution in [2.75, 3.05) is 18.9 Å². The van der Waals surface area contributed by atoms with Gasteiger partial charge in [0.25, 0.3) is 0 Å². The van der Waals surface area contributed by atoms with Gasteiger partial charge in [0.2, 0.25) is 10.0 Å². The minimum Gasteiger partial charge on any atom is -0.398 e. The van der Waals surface area contributed by atoms with Gasteiger partial charge in [-0.2, -0.15) is 0 Å². The van der Waals surface area contributed by atoms with Gasteiger partial charge in [-0.05, 0) is 18.1 Å². The van der Waals surface area contributed by atoms with E-state index in [0.717, 1.165) is 6.42 Å². The number of hydrogen-bond donors (Lipinski definition) is 2. The summed E-state index contributed by atoms with van der Waals surface area (Å²) in [6.07, 6.45) is 0.726. The lowest BCUT2D eigenvalue weighted by molar-refractivity contribution is 0.192. The van der Waals surface area contributed by atoms with Crippen molar-refractivity contribution in [2.24, 2.45) is 0 Å². The van der Waals surface area contributed by atoms with Crippen LogP contribution in [0.15, 0.2) is 24.3 Å². The summed E-state index contributed by atoms with van der Waals surface area (Å²) < 4.78 is 31.5. The van der Waals surface area contributed by atoms with E-state index in [1.165, 1.54) is 0 Å². The number of benzene rings is 1. The molecule has 0 bridgehead atoms. The van der Waals surface area contributed by atoms with E-state index >= 15 is 0 Å². The topological polar surface area (TPSA) is 81.4 Å².